The second-order valence-electron chi connectivity index (χ2n) is 3.87. The van der Waals surface area contributed by atoms with E-state index in [2.05, 4.69) is 29.5 Å². The highest BCUT2D eigenvalue weighted by molar-refractivity contribution is 14.1. The first kappa shape index (κ1) is 17.9. The van der Waals surface area contributed by atoms with Crippen LogP contribution in [0.25, 0.3) is 0 Å². The molecular formula is C12H27IMg. The Kier molecular flexibility index (Phi) is 21.6. The summed E-state index contributed by atoms with van der Waals surface area (Å²) in [6.07, 6.45) is 14.5. The van der Waals surface area contributed by atoms with Gasteiger partial charge in [-0.05, 0) is 10.8 Å². The molecule has 0 aliphatic heterocycles. The summed E-state index contributed by atoms with van der Waals surface area (Å²) in [5.41, 5.74) is 0. The fourth-order valence-corrected chi connectivity index (χ4v) is 2.12. The van der Waals surface area contributed by atoms with Gasteiger partial charge in [0.05, 0.1) is 0 Å². The Hall–Kier alpha value is 1.50. The van der Waals surface area contributed by atoms with Gasteiger partial charge in [0.25, 0.3) is 0 Å². The molecule has 0 unspecified atom stereocenters. The first-order chi connectivity index (χ1) is 6.41. The van der Waals surface area contributed by atoms with Gasteiger partial charge < -0.3 is 0 Å². The molecule has 0 nitrogen and oxygen atoms in total. The van der Waals surface area contributed by atoms with E-state index in [9.17, 15) is 0 Å². The standard InChI is InChI=1S/C12H25I.Mg.2H/c1-2-3-4-5-6-7-8-9-10-11-12-13;;;/h2-12H2,1H3;;;. The number of halogens is 1. The molecule has 0 aliphatic rings. The Morgan fingerprint density at radius 3 is 1.36 bits per heavy atom. The predicted octanol–water partition coefficient (Wildman–Crippen LogP) is 4.43. The first-order valence-electron chi connectivity index (χ1n) is 5.97. The molecule has 84 valence electrons. The highest BCUT2D eigenvalue weighted by atomic mass is 127. The lowest BCUT2D eigenvalue weighted by atomic mass is 10.1. The minimum absolute atomic E-state index is 0. The molecule has 0 N–H and O–H groups in total. The van der Waals surface area contributed by atoms with Crippen molar-refractivity contribution in [2.45, 2.75) is 71.1 Å². The number of alkyl halides is 1. The van der Waals surface area contributed by atoms with E-state index in [1.54, 1.807) is 0 Å². The summed E-state index contributed by atoms with van der Waals surface area (Å²) in [5, 5.41) is 0. The van der Waals surface area contributed by atoms with Gasteiger partial charge in [0.1, 0.15) is 0 Å². The Bertz CT molecular complexity index is 76.4. The van der Waals surface area contributed by atoms with Gasteiger partial charge in [0.2, 0.25) is 0 Å². The third-order valence-corrected chi connectivity index (χ3v) is 3.25. The third kappa shape index (κ3) is 15.9. The lowest BCUT2D eigenvalue weighted by Gasteiger charge is -2.00. The van der Waals surface area contributed by atoms with Crippen molar-refractivity contribution in [1.29, 1.82) is 0 Å². The van der Waals surface area contributed by atoms with Crippen molar-refractivity contribution in [3.05, 3.63) is 0 Å². The molecule has 0 amide bonds. The molecule has 0 heterocycles. The summed E-state index contributed by atoms with van der Waals surface area (Å²) < 4.78 is 1.34. The Morgan fingerprint density at radius 1 is 0.643 bits per heavy atom. The molecule has 0 spiro atoms. The van der Waals surface area contributed by atoms with Crippen molar-refractivity contribution in [3.63, 3.8) is 0 Å². The van der Waals surface area contributed by atoms with Crippen molar-refractivity contribution >= 4 is 45.6 Å². The van der Waals surface area contributed by atoms with E-state index in [1.807, 2.05) is 0 Å². The Labute approximate surface area is 120 Å². The van der Waals surface area contributed by atoms with Gasteiger partial charge in [0, 0.05) is 0 Å². The molecule has 0 rings (SSSR count). The zero-order valence-corrected chi connectivity index (χ0v) is 11.3. The number of unbranched alkanes of at least 4 members (excludes halogenated alkanes) is 9. The summed E-state index contributed by atoms with van der Waals surface area (Å²) in [6.45, 7) is 2.28. The average Bonchev–Trinajstić information content (AvgIpc) is 2.16. The van der Waals surface area contributed by atoms with E-state index in [-0.39, 0.29) is 23.1 Å². The molecule has 0 saturated heterocycles. The molecule has 0 saturated carbocycles. The minimum atomic E-state index is 0. The summed E-state index contributed by atoms with van der Waals surface area (Å²) in [7, 11) is 0. The highest BCUT2D eigenvalue weighted by Gasteiger charge is 1.91. The van der Waals surface area contributed by atoms with Crippen LogP contribution in [0.2, 0.25) is 0 Å². The molecule has 0 atom stereocenters. The van der Waals surface area contributed by atoms with Crippen LogP contribution in [0, 0.1) is 0 Å². The van der Waals surface area contributed by atoms with Crippen LogP contribution >= 0.6 is 22.6 Å². The second kappa shape index (κ2) is 16.9. The van der Waals surface area contributed by atoms with Gasteiger partial charge in [0.15, 0.2) is 0 Å². The molecule has 0 fully saturated rings. The molecule has 0 aromatic rings. The Morgan fingerprint density at radius 2 is 1.00 bits per heavy atom. The van der Waals surface area contributed by atoms with Crippen LogP contribution in [0.5, 0.6) is 0 Å². The monoisotopic (exact) mass is 322 g/mol. The lowest BCUT2D eigenvalue weighted by molar-refractivity contribution is 0.563. The fourth-order valence-electron chi connectivity index (χ4n) is 1.58. The van der Waals surface area contributed by atoms with Gasteiger partial charge in [-0.2, -0.15) is 0 Å². The number of hydrogen-bond acceptors (Lipinski definition) is 0. The molecule has 0 bridgehead atoms. The van der Waals surface area contributed by atoms with E-state index in [1.165, 1.54) is 68.6 Å². The van der Waals surface area contributed by atoms with Crippen molar-refractivity contribution in [3.8, 4) is 0 Å². The summed E-state index contributed by atoms with van der Waals surface area (Å²) in [5.74, 6) is 0. The minimum Gasteiger partial charge on any atom is -0.0864 e. The van der Waals surface area contributed by atoms with Crippen LogP contribution in [0.4, 0.5) is 0 Å². The third-order valence-electron chi connectivity index (χ3n) is 2.49. The van der Waals surface area contributed by atoms with Crippen molar-refractivity contribution in [2.75, 3.05) is 4.43 Å². The van der Waals surface area contributed by atoms with Crippen LogP contribution in [0.3, 0.4) is 0 Å². The SMILES string of the molecule is CCCCCCCCCCCCI.[MgH2]. The number of hydrogen-bond donors (Lipinski definition) is 0. The van der Waals surface area contributed by atoms with E-state index < -0.39 is 0 Å². The largest absolute Gasteiger partial charge is 0.316 e. The summed E-state index contributed by atoms with van der Waals surface area (Å²) in [4.78, 5) is 0. The van der Waals surface area contributed by atoms with Crippen LogP contribution in [0.1, 0.15) is 71.1 Å². The van der Waals surface area contributed by atoms with Crippen LogP contribution < -0.4 is 0 Å². The van der Waals surface area contributed by atoms with Crippen LogP contribution in [-0.4, -0.2) is 27.5 Å². The molecule has 0 radical (unpaired) electrons. The number of rotatable bonds is 10. The van der Waals surface area contributed by atoms with E-state index in [0.29, 0.717) is 0 Å². The molecule has 2 heteroatoms. The van der Waals surface area contributed by atoms with Gasteiger partial charge >= 0.3 is 23.1 Å². The van der Waals surface area contributed by atoms with Crippen LogP contribution in [-0.2, 0) is 0 Å². The van der Waals surface area contributed by atoms with Gasteiger partial charge in [-0.15, -0.1) is 0 Å². The smallest absolute Gasteiger partial charge is 0.0864 e. The van der Waals surface area contributed by atoms with Crippen molar-refractivity contribution in [2.24, 2.45) is 0 Å². The fraction of sp³-hybridized carbons (Fsp3) is 1.00. The zero-order valence-electron chi connectivity index (χ0n) is 9.16. The van der Waals surface area contributed by atoms with Gasteiger partial charge in [-0.25, -0.2) is 0 Å². The molecule has 14 heavy (non-hydrogen) atoms. The lowest BCUT2D eigenvalue weighted by Crippen LogP contribution is -1.81. The van der Waals surface area contributed by atoms with E-state index in [0.717, 1.165) is 0 Å². The quantitative estimate of drug-likeness (QED) is 0.242. The maximum atomic E-state index is 2.47. The molecule has 0 aromatic carbocycles. The normalized spacial score (nSPS) is 9.86. The van der Waals surface area contributed by atoms with Gasteiger partial charge in [-0.3, -0.25) is 0 Å². The second-order valence-corrected chi connectivity index (χ2v) is 4.95. The summed E-state index contributed by atoms with van der Waals surface area (Å²) >= 11 is 2.47. The summed E-state index contributed by atoms with van der Waals surface area (Å²) in [6, 6.07) is 0. The van der Waals surface area contributed by atoms with Gasteiger partial charge in [-0.1, -0.05) is 87.3 Å². The predicted molar refractivity (Wildman–Crippen MR) is 79.3 cm³/mol. The van der Waals surface area contributed by atoms with Crippen molar-refractivity contribution in [1.82, 2.24) is 0 Å². The maximum absolute atomic E-state index is 2.47. The molecule has 0 aliphatic carbocycles. The first-order valence-corrected chi connectivity index (χ1v) is 7.50. The molecular weight excluding hydrogens is 295 g/mol. The zero-order chi connectivity index (χ0) is 9.78. The Balaban J connectivity index is 0. The van der Waals surface area contributed by atoms with Crippen molar-refractivity contribution < 1.29 is 0 Å². The van der Waals surface area contributed by atoms with E-state index >= 15 is 0 Å². The highest BCUT2D eigenvalue weighted by Crippen LogP contribution is 2.10. The average molecular weight is 323 g/mol. The topological polar surface area (TPSA) is 0 Å². The molecule has 0 aromatic heterocycles. The van der Waals surface area contributed by atoms with Crippen LogP contribution in [0.15, 0.2) is 0 Å². The maximum Gasteiger partial charge on any atom is 0.316 e. The van der Waals surface area contributed by atoms with E-state index in [4.69, 9.17) is 0 Å².